The van der Waals surface area contributed by atoms with Gasteiger partial charge in [0, 0.05) is 34.0 Å². The SMILES string of the molecule is CCn1c2ccccc2c2cc(NC(=O)CCOCC(F)(F)F)ccc21. The predicted molar refractivity (Wildman–Crippen MR) is 95.2 cm³/mol. The van der Waals surface area contributed by atoms with Crippen LogP contribution in [-0.2, 0) is 16.1 Å². The Bertz CT molecular complexity index is 932. The highest BCUT2D eigenvalue weighted by atomic mass is 19.4. The third kappa shape index (κ3) is 3.99. The first-order valence-corrected chi connectivity index (χ1v) is 8.34. The largest absolute Gasteiger partial charge is 0.411 e. The summed E-state index contributed by atoms with van der Waals surface area (Å²) >= 11 is 0. The number of anilines is 1. The van der Waals surface area contributed by atoms with E-state index in [1.165, 1.54) is 0 Å². The Balaban J connectivity index is 1.73. The lowest BCUT2D eigenvalue weighted by Gasteiger charge is -2.08. The number of para-hydroxylation sites is 1. The number of hydrogen-bond donors (Lipinski definition) is 1. The molecule has 0 radical (unpaired) electrons. The van der Waals surface area contributed by atoms with Crippen LogP contribution < -0.4 is 5.32 Å². The van der Waals surface area contributed by atoms with Crippen LogP contribution in [0, 0.1) is 0 Å². The number of hydrogen-bond acceptors (Lipinski definition) is 2. The summed E-state index contributed by atoms with van der Waals surface area (Å²) in [7, 11) is 0. The molecule has 0 aliphatic rings. The number of amides is 1. The van der Waals surface area contributed by atoms with Gasteiger partial charge in [-0.05, 0) is 31.2 Å². The fourth-order valence-corrected chi connectivity index (χ4v) is 3.05. The van der Waals surface area contributed by atoms with Gasteiger partial charge < -0.3 is 14.6 Å². The van der Waals surface area contributed by atoms with Crippen molar-refractivity contribution in [3.05, 3.63) is 42.5 Å². The predicted octanol–water partition coefficient (Wildman–Crippen LogP) is 4.72. The molecule has 3 rings (SSSR count). The quantitative estimate of drug-likeness (QED) is 0.643. The minimum Gasteiger partial charge on any atom is -0.372 e. The van der Waals surface area contributed by atoms with Gasteiger partial charge in [-0.15, -0.1) is 0 Å². The van der Waals surface area contributed by atoms with Crippen molar-refractivity contribution in [3.63, 3.8) is 0 Å². The van der Waals surface area contributed by atoms with Crippen molar-refractivity contribution >= 4 is 33.4 Å². The molecule has 0 spiro atoms. The van der Waals surface area contributed by atoms with Gasteiger partial charge in [-0.1, -0.05) is 18.2 Å². The van der Waals surface area contributed by atoms with Crippen LogP contribution in [0.2, 0.25) is 0 Å². The Morgan fingerprint density at radius 3 is 2.58 bits per heavy atom. The molecule has 1 heterocycles. The minimum atomic E-state index is -4.38. The smallest absolute Gasteiger partial charge is 0.372 e. The van der Waals surface area contributed by atoms with Crippen molar-refractivity contribution in [1.82, 2.24) is 4.57 Å². The molecule has 2 aromatic carbocycles. The highest BCUT2D eigenvalue weighted by molar-refractivity contribution is 6.09. The first-order valence-electron chi connectivity index (χ1n) is 8.34. The molecule has 0 atom stereocenters. The van der Waals surface area contributed by atoms with Gasteiger partial charge in [0.1, 0.15) is 6.61 Å². The molecule has 0 aliphatic carbocycles. The summed E-state index contributed by atoms with van der Waals surface area (Å²) in [4.78, 5) is 11.9. The number of fused-ring (bicyclic) bond motifs is 3. The van der Waals surface area contributed by atoms with E-state index < -0.39 is 12.8 Å². The van der Waals surface area contributed by atoms with Gasteiger partial charge in [-0.2, -0.15) is 13.2 Å². The van der Waals surface area contributed by atoms with E-state index in [-0.39, 0.29) is 18.9 Å². The number of benzene rings is 2. The summed E-state index contributed by atoms with van der Waals surface area (Å²) in [5.41, 5.74) is 2.80. The van der Waals surface area contributed by atoms with E-state index in [0.29, 0.717) is 5.69 Å². The molecule has 1 amide bonds. The van der Waals surface area contributed by atoms with Gasteiger partial charge >= 0.3 is 6.18 Å². The lowest BCUT2D eigenvalue weighted by Crippen LogP contribution is -2.20. The van der Waals surface area contributed by atoms with Crippen molar-refractivity contribution in [2.45, 2.75) is 26.1 Å². The Kier molecular flexibility index (Phi) is 5.18. The van der Waals surface area contributed by atoms with Crippen molar-refractivity contribution in [2.24, 2.45) is 0 Å². The monoisotopic (exact) mass is 364 g/mol. The molecule has 7 heteroatoms. The Labute approximate surface area is 148 Å². The zero-order valence-corrected chi connectivity index (χ0v) is 14.3. The van der Waals surface area contributed by atoms with Crippen LogP contribution in [0.25, 0.3) is 21.8 Å². The van der Waals surface area contributed by atoms with E-state index in [4.69, 9.17) is 0 Å². The van der Waals surface area contributed by atoms with Crippen LogP contribution in [0.15, 0.2) is 42.5 Å². The zero-order chi connectivity index (χ0) is 18.7. The average Bonchev–Trinajstić information content (AvgIpc) is 2.91. The fraction of sp³-hybridized carbons (Fsp3) is 0.316. The minimum absolute atomic E-state index is 0.134. The number of aryl methyl sites for hydroxylation is 1. The maximum atomic E-state index is 12.0. The summed E-state index contributed by atoms with van der Waals surface area (Å²) in [5.74, 6) is -0.384. The van der Waals surface area contributed by atoms with E-state index in [0.717, 1.165) is 28.4 Å². The first-order chi connectivity index (χ1) is 12.4. The van der Waals surface area contributed by atoms with Crippen LogP contribution in [-0.4, -0.2) is 29.9 Å². The maximum absolute atomic E-state index is 12.0. The molecule has 1 aromatic heterocycles. The second-order valence-corrected chi connectivity index (χ2v) is 5.96. The van der Waals surface area contributed by atoms with Crippen LogP contribution in [0.5, 0.6) is 0 Å². The number of carbonyl (C=O) groups is 1. The first kappa shape index (κ1) is 18.3. The third-order valence-electron chi connectivity index (χ3n) is 4.11. The Morgan fingerprint density at radius 2 is 1.85 bits per heavy atom. The summed E-state index contributed by atoms with van der Waals surface area (Å²) in [6.07, 6.45) is -4.51. The molecule has 0 fully saturated rings. The molecule has 0 saturated heterocycles. The van der Waals surface area contributed by atoms with Crippen LogP contribution >= 0.6 is 0 Å². The molecule has 0 bridgehead atoms. The van der Waals surface area contributed by atoms with Gasteiger partial charge in [0.25, 0.3) is 0 Å². The summed E-state index contributed by atoms with van der Waals surface area (Å²) in [5, 5.41) is 4.83. The lowest BCUT2D eigenvalue weighted by atomic mass is 10.1. The van der Waals surface area contributed by atoms with Gasteiger partial charge in [0.15, 0.2) is 0 Å². The molecule has 0 saturated carbocycles. The Morgan fingerprint density at radius 1 is 1.12 bits per heavy atom. The molecular weight excluding hydrogens is 345 g/mol. The number of nitrogens with zero attached hydrogens (tertiary/aromatic N) is 1. The van der Waals surface area contributed by atoms with Crippen molar-refractivity contribution in [2.75, 3.05) is 18.5 Å². The standard InChI is InChI=1S/C19H19F3N2O2/c1-2-24-16-6-4-3-5-14(16)15-11-13(7-8-17(15)24)23-18(25)9-10-26-12-19(20,21)22/h3-8,11H,2,9-10,12H2,1H3,(H,23,25). The number of rotatable bonds is 6. The van der Waals surface area contributed by atoms with Gasteiger partial charge in [-0.3, -0.25) is 4.79 Å². The fourth-order valence-electron chi connectivity index (χ4n) is 3.05. The average molecular weight is 364 g/mol. The molecule has 26 heavy (non-hydrogen) atoms. The third-order valence-corrected chi connectivity index (χ3v) is 4.11. The summed E-state index contributed by atoms with van der Waals surface area (Å²) in [6, 6.07) is 13.6. The number of aromatic nitrogens is 1. The topological polar surface area (TPSA) is 43.3 Å². The van der Waals surface area contributed by atoms with E-state index in [1.54, 1.807) is 6.07 Å². The zero-order valence-electron chi connectivity index (χ0n) is 14.3. The molecule has 4 nitrogen and oxygen atoms in total. The Hall–Kier alpha value is -2.54. The summed E-state index contributed by atoms with van der Waals surface area (Å²) in [6.45, 7) is 1.28. The number of ether oxygens (including phenoxy) is 1. The number of alkyl halides is 3. The number of halogens is 3. The molecule has 0 aliphatic heterocycles. The highest BCUT2D eigenvalue weighted by Gasteiger charge is 2.27. The van der Waals surface area contributed by atoms with Crippen LogP contribution in [0.3, 0.4) is 0 Å². The van der Waals surface area contributed by atoms with Crippen molar-refractivity contribution < 1.29 is 22.7 Å². The van der Waals surface area contributed by atoms with Crippen LogP contribution in [0.4, 0.5) is 18.9 Å². The van der Waals surface area contributed by atoms with E-state index in [9.17, 15) is 18.0 Å². The molecular formula is C19H19F3N2O2. The molecule has 138 valence electrons. The normalized spacial score (nSPS) is 12.0. The van der Waals surface area contributed by atoms with Crippen LogP contribution in [0.1, 0.15) is 13.3 Å². The lowest BCUT2D eigenvalue weighted by molar-refractivity contribution is -0.174. The van der Waals surface area contributed by atoms with Crippen molar-refractivity contribution in [1.29, 1.82) is 0 Å². The van der Waals surface area contributed by atoms with E-state index in [2.05, 4.69) is 27.6 Å². The van der Waals surface area contributed by atoms with Gasteiger partial charge in [-0.25, -0.2) is 0 Å². The second kappa shape index (κ2) is 7.37. The number of carbonyl (C=O) groups excluding carboxylic acids is 1. The number of nitrogens with one attached hydrogen (secondary N) is 1. The van der Waals surface area contributed by atoms with E-state index in [1.807, 2.05) is 30.3 Å². The highest BCUT2D eigenvalue weighted by Crippen LogP contribution is 2.31. The molecule has 0 unspecified atom stereocenters. The molecule has 1 N–H and O–H groups in total. The van der Waals surface area contributed by atoms with E-state index >= 15 is 0 Å². The second-order valence-electron chi connectivity index (χ2n) is 5.96. The van der Waals surface area contributed by atoms with Gasteiger partial charge in [0.05, 0.1) is 13.0 Å². The molecule has 3 aromatic rings. The van der Waals surface area contributed by atoms with Gasteiger partial charge in [0.2, 0.25) is 5.91 Å². The summed E-state index contributed by atoms with van der Waals surface area (Å²) < 4.78 is 42.7. The maximum Gasteiger partial charge on any atom is 0.411 e. The van der Waals surface area contributed by atoms with Crippen molar-refractivity contribution in [3.8, 4) is 0 Å².